The van der Waals surface area contributed by atoms with Gasteiger partial charge in [-0.1, -0.05) is 41.7 Å². The van der Waals surface area contributed by atoms with Gasteiger partial charge < -0.3 is 14.2 Å². The van der Waals surface area contributed by atoms with Crippen LogP contribution in [0.15, 0.2) is 69.6 Å². The molecule has 1 aliphatic heterocycles. The van der Waals surface area contributed by atoms with Crippen LogP contribution in [0.1, 0.15) is 24.1 Å². The number of hydrogen-bond acceptors (Lipinski definition) is 7. The summed E-state index contributed by atoms with van der Waals surface area (Å²) in [7, 11) is 4.47. The van der Waals surface area contributed by atoms with Crippen molar-refractivity contribution >= 4 is 23.4 Å². The summed E-state index contributed by atoms with van der Waals surface area (Å²) in [5.74, 6) is 0.732. The quantitative estimate of drug-likeness (QED) is 0.558. The summed E-state index contributed by atoms with van der Waals surface area (Å²) in [5.41, 5.74) is 2.17. The largest absolute Gasteiger partial charge is 0.497 e. The number of aromatic nitrogens is 1. The second kappa shape index (κ2) is 8.84. The van der Waals surface area contributed by atoms with Crippen molar-refractivity contribution in [2.45, 2.75) is 13.0 Å². The maximum absolute atomic E-state index is 13.5. The van der Waals surface area contributed by atoms with Gasteiger partial charge in [-0.25, -0.2) is 9.79 Å². The fourth-order valence-corrected chi connectivity index (χ4v) is 4.76. The Balaban J connectivity index is 1.96. The number of benzene rings is 2. The molecule has 32 heavy (non-hydrogen) atoms. The van der Waals surface area contributed by atoms with Crippen LogP contribution in [0.4, 0.5) is 0 Å². The van der Waals surface area contributed by atoms with E-state index in [2.05, 4.69) is 4.99 Å². The first-order valence-corrected chi connectivity index (χ1v) is 10.7. The van der Waals surface area contributed by atoms with Crippen LogP contribution in [-0.2, 0) is 9.53 Å². The number of esters is 1. The molecule has 164 valence electrons. The first-order valence-electron chi connectivity index (χ1n) is 9.86. The molecule has 2 aromatic carbocycles. The van der Waals surface area contributed by atoms with E-state index in [1.54, 1.807) is 43.9 Å². The van der Waals surface area contributed by atoms with E-state index >= 15 is 0 Å². The van der Waals surface area contributed by atoms with Crippen molar-refractivity contribution < 1.29 is 19.0 Å². The molecule has 1 aliphatic rings. The zero-order chi connectivity index (χ0) is 22.8. The molecule has 0 aliphatic carbocycles. The van der Waals surface area contributed by atoms with Gasteiger partial charge >= 0.3 is 5.97 Å². The van der Waals surface area contributed by atoms with Crippen LogP contribution < -0.4 is 24.4 Å². The van der Waals surface area contributed by atoms with Crippen molar-refractivity contribution in [3.8, 4) is 11.5 Å². The van der Waals surface area contributed by atoms with Crippen molar-refractivity contribution in [1.82, 2.24) is 4.57 Å². The maximum Gasteiger partial charge on any atom is 0.338 e. The fourth-order valence-electron chi connectivity index (χ4n) is 3.72. The minimum Gasteiger partial charge on any atom is -0.497 e. The number of fused-ring (bicyclic) bond motifs is 1. The summed E-state index contributed by atoms with van der Waals surface area (Å²) in [5, 5.41) is 0. The molecule has 0 radical (unpaired) electrons. The van der Waals surface area contributed by atoms with Crippen molar-refractivity contribution in [2.75, 3.05) is 21.3 Å². The van der Waals surface area contributed by atoms with Crippen molar-refractivity contribution in [3.63, 3.8) is 0 Å². The summed E-state index contributed by atoms with van der Waals surface area (Å²) in [4.78, 5) is 31.2. The van der Waals surface area contributed by atoms with Crippen LogP contribution in [0, 0.1) is 0 Å². The lowest BCUT2D eigenvalue weighted by atomic mass is 9.96. The highest BCUT2D eigenvalue weighted by molar-refractivity contribution is 7.07. The van der Waals surface area contributed by atoms with Gasteiger partial charge in [-0.15, -0.1) is 0 Å². The Morgan fingerprint density at radius 3 is 2.50 bits per heavy atom. The number of nitrogens with zero attached hydrogens (tertiary/aromatic N) is 2. The van der Waals surface area contributed by atoms with Gasteiger partial charge in [-0.3, -0.25) is 9.36 Å². The molecule has 1 atom stereocenters. The Kier molecular flexibility index (Phi) is 5.96. The molecule has 7 nitrogen and oxygen atoms in total. The summed E-state index contributed by atoms with van der Waals surface area (Å²) in [6.07, 6.45) is 1.77. The topological polar surface area (TPSA) is 79.1 Å². The number of rotatable bonds is 5. The first-order chi connectivity index (χ1) is 15.5. The number of methoxy groups -OCH3 is 3. The van der Waals surface area contributed by atoms with Gasteiger partial charge in [-0.2, -0.15) is 0 Å². The monoisotopic (exact) mass is 450 g/mol. The average Bonchev–Trinajstić information content (AvgIpc) is 3.12. The van der Waals surface area contributed by atoms with Gasteiger partial charge in [0, 0.05) is 11.6 Å². The Bertz CT molecular complexity index is 1390. The number of carbonyl (C=O) groups excluding carboxylic acids is 1. The third-order valence-corrected chi connectivity index (χ3v) is 6.25. The molecule has 0 saturated carbocycles. The molecule has 1 aromatic heterocycles. The molecule has 0 N–H and O–H groups in total. The van der Waals surface area contributed by atoms with Crippen LogP contribution in [-0.4, -0.2) is 31.9 Å². The Morgan fingerprint density at radius 1 is 1.09 bits per heavy atom. The molecule has 0 fully saturated rings. The van der Waals surface area contributed by atoms with Crippen LogP contribution in [0.25, 0.3) is 6.08 Å². The third-order valence-electron chi connectivity index (χ3n) is 5.27. The predicted octanol–water partition coefficient (Wildman–Crippen LogP) is 2.43. The lowest BCUT2D eigenvalue weighted by Crippen LogP contribution is -2.39. The Morgan fingerprint density at radius 2 is 1.84 bits per heavy atom. The van der Waals surface area contributed by atoms with Gasteiger partial charge in [0.15, 0.2) is 4.80 Å². The molecule has 0 amide bonds. The lowest BCUT2D eigenvalue weighted by molar-refractivity contribution is -0.136. The molecule has 0 spiro atoms. The van der Waals surface area contributed by atoms with Crippen LogP contribution >= 0.6 is 11.3 Å². The van der Waals surface area contributed by atoms with Gasteiger partial charge in [0.05, 0.1) is 43.2 Å². The Hall–Kier alpha value is -3.65. The van der Waals surface area contributed by atoms with Gasteiger partial charge in [-0.05, 0) is 30.7 Å². The second-order valence-corrected chi connectivity index (χ2v) is 8.10. The lowest BCUT2D eigenvalue weighted by Gasteiger charge is -2.24. The standard InChI is InChI=1S/C24H22N2O5S/c1-14-20(23(28)31-4)21(15-8-6-5-7-9-15)26-22(27)19(32-24(26)25-14)12-16-10-11-17(29-2)13-18(16)30-3/h5-13,21H,1-4H3/t21-/m1/s1. The van der Waals surface area contributed by atoms with E-state index < -0.39 is 12.0 Å². The van der Waals surface area contributed by atoms with Gasteiger partial charge in [0.2, 0.25) is 0 Å². The van der Waals surface area contributed by atoms with E-state index in [1.807, 2.05) is 36.4 Å². The smallest absolute Gasteiger partial charge is 0.338 e. The fraction of sp³-hybridized carbons (Fsp3) is 0.208. The zero-order valence-corrected chi connectivity index (χ0v) is 18.9. The normalized spacial score (nSPS) is 15.8. The molecule has 0 bridgehead atoms. The Labute approximate surface area is 188 Å². The van der Waals surface area contributed by atoms with Crippen LogP contribution in [0.3, 0.4) is 0 Å². The molecular formula is C24H22N2O5S. The van der Waals surface area contributed by atoms with Crippen molar-refractivity contribution in [2.24, 2.45) is 4.99 Å². The van der Waals surface area contributed by atoms with Crippen molar-refractivity contribution in [3.05, 3.63) is 90.6 Å². The SMILES string of the molecule is COC(=O)C1=C(C)N=c2sc(=Cc3ccc(OC)cc3OC)c(=O)n2[C@@H]1c1ccccc1. The second-order valence-electron chi connectivity index (χ2n) is 7.09. The van der Waals surface area contributed by atoms with E-state index in [0.717, 1.165) is 11.1 Å². The summed E-state index contributed by atoms with van der Waals surface area (Å²) < 4.78 is 17.8. The van der Waals surface area contributed by atoms with Crippen LogP contribution in [0.2, 0.25) is 0 Å². The average molecular weight is 451 g/mol. The number of allylic oxidation sites excluding steroid dienone is 1. The molecule has 2 heterocycles. The molecular weight excluding hydrogens is 428 g/mol. The zero-order valence-electron chi connectivity index (χ0n) is 18.1. The van der Waals surface area contributed by atoms with E-state index in [0.29, 0.717) is 32.1 Å². The third kappa shape index (κ3) is 3.73. The molecule has 0 unspecified atom stereocenters. The van der Waals surface area contributed by atoms with Crippen molar-refractivity contribution in [1.29, 1.82) is 0 Å². The highest BCUT2D eigenvalue weighted by Gasteiger charge is 2.32. The highest BCUT2D eigenvalue weighted by Crippen LogP contribution is 2.30. The highest BCUT2D eigenvalue weighted by atomic mass is 32.1. The van der Waals surface area contributed by atoms with E-state index in [-0.39, 0.29) is 5.56 Å². The van der Waals surface area contributed by atoms with Crippen LogP contribution in [0.5, 0.6) is 11.5 Å². The molecule has 3 aromatic rings. The van der Waals surface area contributed by atoms with E-state index in [9.17, 15) is 9.59 Å². The van der Waals surface area contributed by atoms with Gasteiger partial charge in [0.1, 0.15) is 11.5 Å². The van der Waals surface area contributed by atoms with Gasteiger partial charge in [0.25, 0.3) is 5.56 Å². The predicted molar refractivity (Wildman–Crippen MR) is 122 cm³/mol. The molecule has 0 saturated heterocycles. The maximum atomic E-state index is 13.5. The molecule has 8 heteroatoms. The minimum atomic E-state index is -0.625. The number of carbonyl (C=O) groups is 1. The first kappa shape index (κ1) is 21.6. The number of hydrogen-bond donors (Lipinski definition) is 0. The van der Waals surface area contributed by atoms with E-state index in [1.165, 1.54) is 18.4 Å². The van der Waals surface area contributed by atoms with E-state index in [4.69, 9.17) is 14.2 Å². The molecule has 4 rings (SSSR count). The number of ether oxygens (including phenoxy) is 3. The summed E-state index contributed by atoms with van der Waals surface area (Å²) in [6.45, 7) is 1.76. The minimum absolute atomic E-state index is 0.241. The summed E-state index contributed by atoms with van der Waals surface area (Å²) >= 11 is 1.26. The number of thiazole rings is 1. The summed E-state index contributed by atoms with van der Waals surface area (Å²) in [6, 6.07) is 14.2.